The summed E-state index contributed by atoms with van der Waals surface area (Å²) >= 11 is 0. The van der Waals surface area contributed by atoms with Crippen LogP contribution in [0.15, 0.2) is 23.9 Å². The largest absolute Gasteiger partial charge is 0.462 e. The van der Waals surface area contributed by atoms with Crippen LogP contribution in [0.4, 0.5) is 0 Å². The lowest BCUT2D eigenvalue weighted by Gasteiger charge is -2.38. The molecule has 0 rings (SSSR count). The first-order valence-electron chi connectivity index (χ1n) is 9.77. The fourth-order valence-electron chi connectivity index (χ4n) is 2.79. The van der Waals surface area contributed by atoms with Crippen LogP contribution in [0.5, 0.6) is 0 Å². The lowest BCUT2D eigenvalue weighted by molar-refractivity contribution is -0.138. The van der Waals surface area contributed by atoms with Gasteiger partial charge in [0.05, 0.1) is 6.61 Å². The van der Waals surface area contributed by atoms with Gasteiger partial charge in [0.25, 0.3) is 0 Å². The number of ether oxygens (including phenoxy) is 1. The van der Waals surface area contributed by atoms with E-state index in [-0.39, 0.29) is 12.2 Å². The number of hydrogen-bond donors (Lipinski definition) is 0. The number of carbonyl (C=O) groups is 1. The Morgan fingerprint density at radius 2 is 1.61 bits per heavy atom. The quantitative estimate of drug-likeness (QED) is 0.144. The van der Waals surface area contributed by atoms with Gasteiger partial charge in [-0.3, -0.25) is 0 Å². The lowest BCUT2D eigenvalue weighted by Crippen LogP contribution is -2.52. The molecular formula is C19H38N2O4Si3. The van der Waals surface area contributed by atoms with E-state index in [1.54, 1.807) is 13.0 Å². The Bertz CT molecular complexity index is 586. The molecule has 0 atom stereocenters. The van der Waals surface area contributed by atoms with Crippen LogP contribution in [-0.2, 0) is 17.8 Å². The SMILES string of the molecule is CCOC(=O)C(C#N)=CC=CN(C)CCC[Si](C)(O[Si](C)(C)C)O[Si](C)(C)C. The maximum Gasteiger partial charge on any atom is 0.348 e. The molecule has 9 heteroatoms. The van der Waals surface area contributed by atoms with Crippen LogP contribution in [-0.4, -0.2) is 56.3 Å². The Hall–Kier alpha value is -1.19. The van der Waals surface area contributed by atoms with Gasteiger partial charge in [0.1, 0.15) is 11.6 Å². The van der Waals surface area contributed by atoms with Gasteiger partial charge in [0.15, 0.2) is 16.6 Å². The number of hydrogen-bond acceptors (Lipinski definition) is 6. The Balaban J connectivity index is 4.79. The van der Waals surface area contributed by atoms with Crippen molar-refractivity contribution in [1.82, 2.24) is 4.90 Å². The Morgan fingerprint density at radius 3 is 2.04 bits per heavy atom. The fourth-order valence-corrected chi connectivity index (χ4v) is 15.3. The zero-order valence-electron chi connectivity index (χ0n) is 19.1. The molecule has 0 aromatic heterocycles. The van der Waals surface area contributed by atoms with Crippen molar-refractivity contribution >= 4 is 31.2 Å². The first-order valence-corrected chi connectivity index (χ1v) is 19.1. The number of carbonyl (C=O) groups excluding carboxylic acids is 1. The van der Waals surface area contributed by atoms with Crippen molar-refractivity contribution in [3.63, 3.8) is 0 Å². The van der Waals surface area contributed by atoms with Crippen LogP contribution in [0.1, 0.15) is 13.3 Å². The van der Waals surface area contributed by atoms with E-state index in [4.69, 9.17) is 18.2 Å². The summed E-state index contributed by atoms with van der Waals surface area (Å²) in [7, 11) is -3.59. The standard InChI is InChI=1S/C19H38N2O4Si3/c1-10-23-19(22)18(17-20)13-11-14-21(2)15-12-16-28(9,24-26(3,4)5)25-27(6,7)8/h11,13-14H,10,12,15-16H2,1-9H3. The van der Waals surface area contributed by atoms with E-state index in [2.05, 4.69) is 45.8 Å². The molecule has 0 saturated carbocycles. The third-order valence-electron chi connectivity index (χ3n) is 3.41. The van der Waals surface area contributed by atoms with E-state index in [9.17, 15) is 4.79 Å². The van der Waals surface area contributed by atoms with E-state index in [0.717, 1.165) is 19.0 Å². The van der Waals surface area contributed by atoms with Crippen molar-refractivity contribution in [2.45, 2.75) is 65.2 Å². The summed E-state index contributed by atoms with van der Waals surface area (Å²) in [6.07, 6.45) is 6.00. The summed E-state index contributed by atoms with van der Waals surface area (Å²) in [5.74, 6) is -0.592. The molecule has 0 aromatic carbocycles. The summed E-state index contributed by atoms with van der Waals surface area (Å²) in [5, 5.41) is 9.02. The van der Waals surface area contributed by atoms with Gasteiger partial charge < -0.3 is 17.9 Å². The number of nitriles is 1. The maximum absolute atomic E-state index is 11.6. The minimum absolute atomic E-state index is 0.00134. The number of nitrogens with zero attached hydrogens (tertiary/aromatic N) is 2. The smallest absolute Gasteiger partial charge is 0.348 e. The molecule has 0 N–H and O–H groups in total. The minimum atomic E-state index is -2.21. The number of allylic oxidation sites excluding steroid dienone is 2. The van der Waals surface area contributed by atoms with Crippen molar-refractivity contribution < 1.29 is 17.8 Å². The molecule has 0 amide bonds. The highest BCUT2D eigenvalue weighted by Gasteiger charge is 2.39. The van der Waals surface area contributed by atoms with Crippen LogP contribution in [0.25, 0.3) is 0 Å². The summed E-state index contributed by atoms with van der Waals surface area (Å²) in [5.41, 5.74) is -0.00134. The van der Waals surface area contributed by atoms with Crippen LogP contribution in [0.2, 0.25) is 51.9 Å². The molecule has 0 bridgehead atoms. The van der Waals surface area contributed by atoms with Gasteiger partial charge in [-0.25, -0.2) is 4.79 Å². The van der Waals surface area contributed by atoms with E-state index in [1.807, 2.05) is 24.2 Å². The van der Waals surface area contributed by atoms with Gasteiger partial charge >= 0.3 is 14.5 Å². The van der Waals surface area contributed by atoms with Crippen molar-refractivity contribution in [3.8, 4) is 6.07 Å². The minimum Gasteiger partial charge on any atom is -0.462 e. The van der Waals surface area contributed by atoms with Gasteiger partial charge in [-0.1, -0.05) is 0 Å². The van der Waals surface area contributed by atoms with Crippen LogP contribution < -0.4 is 0 Å². The van der Waals surface area contributed by atoms with Crippen molar-refractivity contribution in [1.29, 1.82) is 5.26 Å². The maximum atomic E-state index is 11.6. The lowest BCUT2D eigenvalue weighted by atomic mass is 10.3. The molecule has 28 heavy (non-hydrogen) atoms. The van der Waals surface area contributed by atoms with E-state index < -0.39 is 31.2 Å². The molecule has 160 valence electrons. The highest BCUT2D eigenvalue weighted by Crippen LogP contribution is 2.25. The van der Waals surface area contributed by atoms with Gasteiger partial charge in [-0.05, 0) is 83.6 Å². The molecule has 0 aliphatic carbocycles. The molecule has 0 aromatic rings. The monoisotopic (exact) mass is 442 g/mol. The van der Waals surface area contributed by atoms with Crippen LogP contribution >= 0.6 is 0 Å². The molecule has 0 unspecified atom stereocenters. The van der Waals surface area contributed by atoms with E-state index in [0.29, 0.717) is 0 Å². The third-order valence-corrected chi connectivity index (χ3v) is 13.0. The molecule has 0 heterocycles. The molecule has 0 radical (unpaired) electrons. The molecule has 0 fully saturated rings. The Labute approximate surface area is 174 Å². The topological polar surface area (TPSA) is 71.8 Å². The molecule has 0 saturated heterocycles. The second-order valence-electron chi connectivity index (χ2n) is 8.90. The van der Waals surface area contributed by atoms with Gasteiger partial charge in [0, 0.05) is 13.6 Å². The predicted octanol–water partition coefficient (Wildman–Crippen LogP) is 4.61. The van der Waals surface area contributed by atoms with Gasteiger partial charge in [-0.15, -0.1) is 0 Å². The molecular weight excluding hydrogens is 404 g/mol. The first kappa shape index (κ1) is 26.8. The highest BCUT2D eigenvalue weighted by atomic mass is 28.5. The summed E-state index contributed by atoms with van der Waals surface area (Å²) < 4.78 is 17.9. The van der Waals surface area contributed by atoms with Gasteiger partial charge in [-0.2, -0.15) is 5.26 Å². The van der Waals surface area contributed by atoms with Crippen LogP contribution in [0, 0.1) is 11.3 Å². The van der Waals surface area contributed by atoms with E-state index >= 15 is 0 Å². The molecule has 0 aliphatic heterocycles. The van der Waals surface area contributed by atoms with Gasteiger partial charge in [0.2, 0.25) is 0 Å². The molecule has 0 spiro atoms. The van der Waals surface area contributed by atoms with Crippen LogP contribution in [0.3, 0.4) is 0 Å². The molecule has 6 nitrogen and oxygen atoms in total. The van der Waals surface area contributed by atoms with E-state index in [1.165, 1.54) is 6.08 Å². The summed E-state index contributed by atoms with van der Waals surface area (Å²) in [6.45, 7) is 18.3. The third kappa shape index (κ3) is 13.1. The molecule has 0 aliphatic rings. The summed E-state index contributed by atoms with van der Waals surface area (Å²) in [4.78, 5) is 13.6. The zero-order chi connectivity index (χ0) is 22.0. The fraction of sp³-hybridized carbons (Fsp3) is 0.684. The first-order chi connectivity index (χ1) is 12.7. The second kappa shape index (κ2) is 11.7. The predicted molar refractivity (Wildman–Crippen MR) is 122 cm³/mol. The number of esters is 1. The highest BCUT2D eigenvalue weighted by molar-refractivity contribution is 6.87. The number of rotatable bonds is 12. The average molecular weight is 443 g/mol. The Kier molecular flexibility index (Phi) is 11.2. The second-order valence-corrected chi connectivity index (χ2v) is 21.8. The average Bonchev–Trinajstić information content (AvgIpc) is 2.47. The van der Waals surface area contributed by atoms with Crippen molar-refractivity contribution in [2.75, 3.05) is 20.2 Å². The van der Waals surface area contributed by atoms with Crippen molar-refractivity contribution in [3.05, 3.63) is 23.9 Å². The normalized spacial score (nSPS) is 13.5. The zero-order valence-corrected chi connectivity index (χ0v) is 22.1. The summed E-state index contributed by atoms with van der Waals surface area (Å²) in [6, 6.07) is 2.81. The van der Waals surface area contributed by atoms with Crippen molar-refractivity contribution in [2.24, 2.45) is 0 Å². The Morgan fingerprint density at radius 1 is 1.07 bits per heavy atom.